The molecule has 2 heterocycles. The van der Waals surface area contributed by atoms with Crippen molar-refractivity contribution in [3.05, 3.63) is 62.0 Å². The minimum atomic E-state index is -0.541. The summed E-state index contributed by atoms with van der Waals surface area (Å²) in [4.78, 5) is 35.6. The van der Waals surface area contributed by atoms with E-state index in [9.17, 15) is 14.4 Å². The quantitative estimate of drug-likeness (QED) is 0.669. The molecule has 0 radical (unpaired) electrons. The van der Waals surface area contributed by atoms with Gasteiger partial charge in [-0.2, -0.15) is 0 Å². The van der Waals surface area contributed by atoms with Gasteiger partial charge in [-0.15, -0.1) is 0 Å². The van der Waals surface area contributed by atoms with Crippen molar-refractivity contribution in [1.29, 1.82) is 0 Å². The standard InChI is InChI=1S/C13H8ClN3O4/c14-10-7(4-5-21-10)11(18)15-8-3-1-2-6-9(8)13(20)17-16-12(6)19/h1-5H,(H,15,18)(H,16,19)(H,17,20). The first-order chi connectivity index (χ1) is 10.1. The van der Waals surface area contributed by atoms with Crippen molar-refractivity contribution in [1.82, 2.24) is 10.2 Å². The van der Waals surface area contributed by atoms with E-state index in [0.29, 0.717) is 0 Å². The number of halogens is 1. The van der Waals surface area contributed by atoms with Crippen molar-refractivity contribution < 1.29 is 9.21 Å². The lowest BCUT2D eigenvalue weighted by Crippen LogP contribution is -2.21. The largest absolute Gasteiger partial charge is 0.452 e. The molecule has 8 heteroatoms. The van der Waals surface area contributed by atoms with Gasteiger partial charge in [-0.3, -0.25) is 24.6 Å². The van der Waals surface area contributed by atoms with Crippen molar-refractivity contribution >= 4 is 34.0 Å². The lowest BCUT2D eigenvalue weighted by atomic mass is 10.1. The normalized spacial score (nSPS) is 10.7. The summed E-state index contributed by atoms with van der Waals surface area (Å²) < 4.78 is 4.84. The zero-order valence-electron chi connectivity index (χ0n) is 10.4. The minimum absolute atomic E-state index is 0.0560. The summed E-state index contributed by atoms with van der Waals surface area (Å²) in [5.74, 6) is -0.541. The summed E-state index contributed by atoms with van der Waals surface area (Å²) in [6, 6.07) is 5.97. The van der Waals surface area contributed by atoms with Crippen LogP contribution in [0, 0.1) is 0 Å². The SMILES string of the molecule is O=C(Nc1cccc2c(=O)[nH][nH]c(=O)c12)c1ccoc1Cl. The summed E-state index contributed by atoms with van der Waals surface area (Å²) in [5.41, 5.74) is -0.627. The van der Waals surface area contributed by atoms with Gasteiger partial charge in [-0.1, -0.05) is 6.07 Å². The molecule has 1 amide bonds. The van der Waals surface area contributed by atoms with Gasteiger partial charge >= 0.3 is 0 Å². The first kappa shape index (κ1) is 13.2. The number of H-pyrrole nitrogens is 2. The minimum Gasteiger partial charge on any atom is -0.452 e. The Hall–Kier alpha value is -2.80. The van der Waals surface area contributed by atoms with E-state index < -0.39 is 17.0 Å². The Balaban J connectivity index is 2.12. The number of hydrogen-bond acceptors (Lipinski definition) is 4. The Bertz CT molecular complexity index is 954. The predicted molar refractivity (Wildman–Crippen MR) is 76.9 cm³/mol. The first-order valence-corrected chi connectivity index (χ1v) is 6.24. The number of hydrogen-bond donors (Lipinski definition) is 3. The number of furan rings is 1. The molecule has 3 aromatic rings. The summed E-state index contributed by atoms with van der Waals surface area (Å²) >= 11 is 5.73. The lowest BCUT2D eigenvalue weighted by Gasteiger charge is -2.06. The van der Waals surface area contributed by atoms with Crippen LogP contribution in [0.4, 0.5) is 5.69 Å². The Kier molecular flexibility index (Phi) is 3.11. The van der Waals surface area contributed by atoms with Crippen LogP contribution in [0.5, 0.6) is 0 Å². The van der Waals surface area contributed by atoms with Crippen LogP contribution in [-0.2, 0) is 0 Å². The molecule has 7 nitrogen and oxygen atoms in total. The number of aromatic amines is 2. The van der Waals surface area contributed by atoms with Gasteiger partial charge in [0.05, 0.1) is 28.3 Å². The molecule has 0 aliphatic carbocycles. The molecule has 0 atom stereocenters. The number of carbonyl (C=O) groups excluding carboxylic acids is 1. The number of anilines is 1. The highest BCUT2D eigenvalue weighted by atomic mass is 35.5. The fraction of sp³-hybridized carbons (Fsp3) is 0. The molecule has 0 fully saturated rings. The molecule has 0 aliphatic rings. The maximum atomic E-state index is 12.1. The lowest BCUT2D eigenvalue weighted by molar-refractivity contribution is 0.102. The van der Waals surface area contributed by atoms with E-state index in [1.54, 1.807) is 6.07 Å². The molecule has 0 saturated carbocycles. The molecule has 2 aromatic heterocycles. The average molecular weight is 306 g/mol. The summed E-state index contributed by atoms with van der Waals surface area (Å²) in [6.45, 7) is 0. The Morgan fingerprint density at radius 2 is 1.90 bits per heavy atom. The van der Waals surface area contributed by atoms with Gasteiger partial charge in [-0.25, -0.2) is 0 Å². The van der Waals surface area contributed by atoms with E-state index in [0.717, 1.165) is 0 Å². The predicted octanol–water partition coefficient (Wildman–Crippen LogP) is 1.72. The van der Waals surface area contributed by atoms with Gasteiger partial charge in [0.15, 0.2) is 0 Å². The second-order valence-electron chi connectivity index (χ2n) is 4.20. The number of fused-ring (bicyclic) bond motifs is 1. The molecule has 0 saturated heterocycles. The van der Waals surface area contributed by atoms with Crippen LogP contribution in [-0.4, -0.2) is 16.1 Å². The van der Waals surface area contributed by atoms with Crippen LogP contribution in [0.3, 0.4) is 0 Å². The van der Waals surface area contributed by atoms with Gasteiger partial charge in [-0.05, 0) is 29.8 Å². The summed E-state index contributed by atoms with van der Waals surface area (Å²) in [7, 11) is 0. The first-order valence-electron chi connectivity index (χ1n) is 5.86. The third-order valence-electron chi connectivity index (χ3n) is 2.94. The molecular weight excluding hydrogens is 298 g/mol. The summed E-state index contributed by atoms with van der Waals surface area (Å²) in [5, 5.41) is 7.18. The Morgan fingerprint density at radius 1 is 1.14 bits per heavy atom. The number of amides is 1. The molecule has 21 heavy (non-hydrogen) atoms. The molecule has 0 aliphatic heterocycles. The molecule has 106 valence electrons. The van der Waals surface area contributed by atoms with E-state index in [1.165, 1.54) is 24.5 Å². The van der Waals surface area contributed by atoms with Gasteiger partial charge in [0.25, 0.3) is 17.0 Å². The van der Waals surface area contributed by atoms with Crippen molar-refractivity contribution in [2.24, 2.45) is 0 Å². The van der Waals surface area contributed by atoms with E-state index in [2.05, 4.69) is 15.5 Å². The highest BCUT2D eigenvalue weighted by Crippen LogP contribution is 2.21. The summed E-state index contributed by atoms with van der Waals surface area (Å²) in [6.07, 6.45) is 1.28. The topological polar surface area (TPSA) is 108 Å². The zero-order chi connectivity index (χ0) is 15.0. The van der Waals surface area contributed by atoms with Gasteiger partial charge < -0.3 is 9.73 Å². The number of carbonyl (C=O) groups is 1. The molecule has 0 spiro atoms. The van der Waals surface area contributed by atoms with Gasteiger partial charge in [0.1, 0.15) is 0 Å². The molecule has 3 rings (SSSR count). The number of aromatic nitrogens is 2. The van der Waals surface area contributed by atoms with Crippen LogP contribution in [0.1, 0.15) is 10.4 Å². The maximum Gasteiger partial charge on any atom is 0.272 e. The zero-order valence-corrected chi connectivity index (χ0v) is 11.2. The van der Waals surface area contributed by atoms with Crippen molar-refractivity contribution in [2.45, 2.75) is 0 Å². The average Bonchev–Trinajstić information content (AvgIpc) is 2.89. The second kappa shape index (κ2) is 4.95. The second-order valence-corrected chi connectivity index (χ2v) is 4.54. The monoisotopic (exact) mass is 305 g/mol. The third kappa shape index (κ3) is 2.23. The van der Waals surface area contributed by atoms with Crippen molar-refractivity contribution in [2.75, 3.05) is 5.32 Å². The fourth-order valence-electron chi connectivity index (χ4n) is 1.98. The van der Waals surface area contributed by atoms with Crippen LogP contribution in [0.15, 0.2) is 44.5 Å². The number of benzene rings is 1. The molecule has 1 aromatic carbocycles. The van der Waals surface area contributed by atoms with Crippen LogP contribution >= 0.6 is 11.6 Å². The highest BCUT2D eigenvalue weighted by molar-refractivity contribution is 6.32. The van der Waals surface area contributed by atoms with Crippen LogP contribution in [0.2, 0.25) is 5.22 Å². The molecular formula is C13H8ClN3O4. The Morgan fingerprint density at radius 3 is 2.62 bits per heavy atom. The fourth-order valence-corrected chi connectivity index (χ4v) is 2.18. The van der Waals surface area contributed by atoms with E-state index in [4.69, 9.17) is 16.0 Å². The molecule has 0 bridgehead atoms. The smallest absolute Gasteiger partial charge is 0.272 e. The molecule has 3 N–H and O–H groups in total. The van der Waals surface area contributed by atoms with E-state index >= 15 is 0 Å². The van der Waals surface area contributed by atoms with Crippen LogP contribution < -0.4 is 16.4 Å². The van der Waals surface area contributed by atoms with E-state index in [-0.39, 0.29) is 27.2 Å². The Labute approximate surface area is 121 Å². The van der Waals surface area contributed by atoms with Crippen LogP contribution in [0.25, 0.3) is 10.8 Å². The van der Waals surface area contributed by atoms with Gasteiger partial charge in [0.2, 0.25) is 5.22 Å². The number of nitrogens with one attached hydrogen (secondary N) is 3. The van der Waals surface area contributed by atoms with Gasteiger partial charge in [0, 0.05) is 0 Å². The van der Waals surface area contributed by atoms with E-state index in [1.807, 2.05) is 0 Å². The number of rotatable bonds is 2. The maximum absolute atomic E-state index is 12.1. The highest BCUT2D eigenvalue weighted by Gasteiger charge is 2.15. The van der Waals surface area contributed by atoms with Crippen molar-refractivity contribution in [3.63, 3.8) is 0 Å². The molecule has 0 unspecified atom stereocenters. The van der Waals surface area contributed by atoms with Crippen molar-refractivity contribution in [3.8, 4) is 0 Å². The third-order valence-corrected chi connectivity index (χ3v) is 3.23.